The van der Waals surface area contributed by atoms with Gasteiger partial charge in [0.05, 0.1) is 13.1 Å². The highest BCUT2D eigenvalue weighted by molar-refractivity contribution is 5.69. The first-order valence-corrected chi connectivity index (χ1v) is 6.10. The topological polar surface area (TPSA) is 40.5 Å². The van der Waals surface area contributed by atoms with E-state index in [9.17, 15) is 4.79 Å². The van der Waals surface area contributed by atoms with Crippen molar-refractivity contribution in [2.45, 2.75) is 38.5 Å². The average molecular weight is 223 g/mol. The van der Waals surface area contributed by atoms with Gasteiger partial charge in [0.15, 0.2) is 0 Å². The lowest BCUT2D eigenvalue weighted by Crippen LogP contribution is -2.34. The maximum absolute atomic E-state index is 10.7. The Morgan fingerprint density at radius 3 is 2.44 bits per heavy atom. The van der Waals surface area contributed by atoms with Gasteiger partial charge in [-0.25, -0.2) is 0 Å². The van der Waals surface area contributed by atoms with E-state index in [2.05, 4.69) is 5.92 Å². The SMILES string of the molecule is C#CCN(CC(=O)O)CC1CCCCCC1. The zero-order valence-electron chi connectivity index (χ0n) is 9.82. The van der Waals surface area contributed by atoms with Crippen LogP contribution in [0, 0.1) is 18.3 Å². The Kier molecular flexibility index (Phi) is 5.95. The Balaban J connectivity index is 2.39. The van der Waals surface area contributed by atoms with Crippen LogP contribution in [0.2, 0.25) is 0 Å². The lowest BCUT2D eigenvalue weighted by molar-refractivity contribution is -0.138. The highest BCUT2D eigenvalue weighted by Crippen LogP contribution is 2.23. The van der Waals surface area contributed by atoms with E-state index >= 15 is 0 Å². The molecule has 90 valence electrons. The largest absolute Gasteiger partial charge is 0.480 e. The summed E-state index contributed by atoms with van der Waals surface area (Å²) in [4.78, 5) is 12.6. The molecule has 1 rings (SSSR count). The molecule has 1 saturated carbocycles. The Morgan fingerprint density at radius 1 is 1.31 bits per heavy atom. The first kappa shape index (κ1) is 13.1. The minimum atomic E-state index is -0.788. The second kappa shape index (κ2) is 7.29. The number of rotatable bonds is 5. The molecule has 0 aliphatic heterocycles. The van der Waals surface area contributed by atoms with E-state index in [1.54, 1.807) is 0 Å². The second-order valence-electron chi connectivity index (χ2n) is 4.63. The van der Waals surface area contributed by atoms with Gasteiger partial charge in [0.25, 0.3) is 0 Å². The van der Waals surface area contributed by atoms with Crippen molar-refractivity contribution >= 4 is 5.97 Å². The Labute approximate surface area is 97.8 Å². The van der Waals surface area contributed by atoms with Crippen LogP contribution in [0.15, 0.2) is 0 Å². The summed E-state index contributed by atoms with van der Waals surface area (Å²) in [5, 5.41) is 8.79. The van der Waals surface area contributed by atoms with Crippen LogP contribution < -0.4 is 0 Å². The van der Waals surface area contributed by atoms with Crippen LogP contribution in [0.25, 0.3) is 0 Å². The van der Waals surface area contributed by atoms with Gasteiger partial charge in [0.2, 0.25) is 0 Å². The maximum atomic E-state index is 10.7. The molecule has 0 bridgehead atoms. The number of carbonyl (C=O) groups is 1. The second-order valence-corrected chi connectivity index (χ2v) is 4.63. The smallest absolute Gasteiger partial charge is 0.317 e. The lowest BCUT2D eigenvalue weighted by Gasteiger charge is -2.23. The van der Waals surface area contributed by atoms with E-state index in [0.717, 1.165) is 6.54 Å². The molecular weight excluding hydrogens is 202 g/mol. The summed E-state index contributed by atoms with van der Waals surface area (Å²) in [6.07, 6.45) is 12.9. The number of hydrogen-bond donors (Lipinski definition) is 1. The predicted octanol–water partition coefficient (Wildman–Crippen LogP) is 1.98. The quantitative estimate of drug-likeness (QED) is 0.572. The van der Waals surface area contributed by atoms with Crippen molar-refractivity contribution in [2.75, 3.05) is 19.6 Å². The molecule has 0 heterocycles. The van der Waals surface area contributed by atoms with Crippen LogP contribution >= 0.6 is 0 Å². The Hall–Kier alpha value is -1.01. The zero-order chi connectivity index (χ0) is 11.8. The van der Waals surface area contributed by atoms with E-state index in [-0.39, 0.29) is 6.54 Å². The summed E-state index contributed by atoms with van der Waals surface area (Å²) in [6.45, 7) is 1.36. The van der Waals surface area contributed by atoms with Crippen molar-refractivity contribution in [3.8, 4) is 12.3 Å². The van der Waals surface area contributed by atoms with E-state index in [1.807, 2.05) is 4.90 Å². The van der Waals surface area contributed by atoms with Crippen molar-refractivity contribution in [3.63, 3.8) is 0 Å². The first-order chi connectivity index (χ1) is 7.72. The fourth-order valence-corrected chi connectivity index (χ4v) is 2.42. The van der Waals surface area contributed by atoms with Gasteiger partial charge in [-0.15, -0.1) is 6.42 Å². The van der Waals surface area contributed by atoms with Gasteiger partial charge in [-0.2, -0.15) is 0 Å². The van der Waals surface area contributed by atoms with Crippen molar-refractivity contribution < 1.29 is 9.90 Å². The molecule has 0 aromatic rings. The molecule has 1 aliphatic rings. The predicted molar refractivity (Wildman–Crippen MR) is 64.1 cm³/mol. The van der Waals surface area contributed by atoms with Gasteiger partial charge in [-0.1, -0.05) is 31.6 Å². The molecule has 0 radical (unpaired) electrons. The molecular formula is C13H21NO2. The van der Waals surface area contributed by atoms with E-state index in [1.165, 1.54) is 38.5 Å². The van der Waals surface area contributed by atoms with Gasteiger partial charge in [-0.3, -0.25) is 9.69 Å². The summed E-state index contributed by atoms with van der Waals surface area (Å²) in [5.41, 5.74) is 0. The van der Waals surface area contributed by atoms with Crippen LogP contribution in [0.4, 0.5) is 0 Å². The van der Waals surface area contributed by atoms with Crippen molar-refractivity contribution in [3.05, 3.63) is 0 Å². The molecule has 3 heteroatoms. The highest BCUT2D eigenvalue weighted by atomic mass is 16.4. The van der Waals surface area contributed by atoms with Gasteiger partial charge in [-0.05, 0) is 18.8 Å². The first-order valence-electron chi connectivity index (χ1n) is 6.10. The third-order valence-corrected chi connectivity index (χ3v) is 3.16. The molecule has 16 heavy (non-hydrogen) atoms. The summed E-state index contributed by atoms with van der Waals surface area (Å²) in [7, 11) is 0. The summed E-state index contributed by atoms with van der Waals surface area (Å²) in [5.74, 6) is 2.39. The molecule has 0 saturated heterocycles. The fourth-order valence-electron chi connectivity index (χ4n) is 2.42. The molecule has 0 unspecified atom stereocenters. The number of nitrogens with zero attached hydrogens (tertiary/aromatic N) is 1. The number of carboxylic acids is 1. The van der Waals surface area contributed by atoms with E-state index in [4.69, 9.17) is 11.5 Å². The minimum Gasteiger partial charge on any atom is -0.480 e. The molecule has 1 N–H and O–H groups in total. The monoisotopic (exact) mass is 223 g/mol. The Morgan fingerprint density at radius 2 is 1.94 bits per heavy atom. The molecule has 0 aromatic carbocycles. The van der Waals surface area contributed by atoms with Crippen LogP contribution in [0.1, 0.15) is 38.5 Å². The maximum Gasteiger partial charge on any atom is 0.317 e. The average Bonchev–Trinajstić information content (AvgIpc) is 2.45. The van der Waals surface area contributed by atoms with Crippen molar-refractivity contribution in [2.24, 2.45) is 5.92 Å². The summed E-state index contributed by atoms with van der Waals surface area (Å²) in [6, 6.07) is 0. The molecule has 0 spiro atoms. The number of hydrogen-bond acceptors (Lipinski definition) is 2. The third-order valence-electron chi connectivity index (χ3n) is 3.16. The van der Waals surface area contributed by atoms with E-state index < -0.39 is 5.97 Å². The number of aliphatic carboxylic acids is 1. The van der Waals surface area contributed by atoms with Crippen molar-refractivity contribution in [1.82, 2.24) is 4.90 Å². The summed E-state index contributed by atoms with van der Waals surface area (Å²) >= 11 is 0. The lowest BCUT2D eigenvalue weighted by atomic mass is 10.00. The number of terminal acetylenes is 1. The zero-order valence-corrected chi connectivity index (χ0v) is 9.82. The van der Waals surface area contributed by atoms with Crippen LogP contribution in [-0.2, 0) is 4.79 Å². The van der Waals surface area contributed by atoms with Gasteiger partial charge in [0, 0.05) is 6.54 Å². The van der Waals surface area contributed by atoms with Gasteiger partial charge in [0.1, 0.15) is 0 Å². The molecule has 0 atom stereocenters. The van der Waals surface area contributed by atoms with Gasteiger partial charge >= 0.3 is 5.97 Å². The molecule has 0 aromatic heterocycles. The normalized spacial score (nSPS) is 18.0. The van der Waals surface area contributed by atoms with Crippen LogP contribution in [-0.4, -0.2) is 35.6 Å². The molecule has 3 nitrogen and oxygen atoms in total. The minimum absolute atomic E-state index is 0.0701. The Bertz CT molecular complexity index is 249. The fraction of sp³-hybridized carbons (Fsp3) is 0.769. The number of carboxylic acid groups (broad SMARTS) is 1. The van der Waals surface area contributed by atoms with Crippen LogP contribution in [0.3, 0.4) is 0 Å². The third kappa shape index (κ3) is 5.18. The van der Waals surface area contributed by atoms with Gasteiger partial charge < -0.3 is 5.11 Å². The highest BCUT2D eigenvalue weighted by Gasteiger charge is 2.17. The van der Waals surface area contributed by atoms with E-state index in [0.29, 0.717) is 12.5 Å². The van der Waals surface area contributed by atoms with Crippen molar-refractivity contribution in [1.29, 1.82) is 0 Å². The molecule has 1 aliphatic carbocycles. The molecule has 0 amide bonds. The standard InChI is InChI=1S/C13H21NO2/c1-2-9-14(11-13(15)16)10-12-7-5-3-4-6-8-12/h1,12H,3-11H2,(H,15,16). The summed E-state index contributed by atoms with van der Waals surface area (Å²) < 4.78 is 0. The van der Waals surface area contributed by atoms with Crippen LogP contribution in [0.5, 0.6) is 0 Å². The molecule has 1 fully saturated rings.